The number of nitrogens with one attached hydrogen (secondary N) is 1. The number of aromatic nitrogens is 4. The number of hydrogen-bond acceptors (Lipinski definition) is 8. The van der Waals surface area contributed by atoms with Gasteiger partial charge in [0.15, 0.2) is 10.8 Å². The number of rotatable bonds is 3. The third kappa shape index (κ3) is 3.02. The Bertz CT molecular complexity index is 1000. The molecule has 1 amide bonds. The SMILES string of the molecule is O=C(NC1CCOCC1)c1nc2c(N3CCc4cnccc43)ncnc2s1. The quantitative estimate of drug-likeness (QED) is 0.741. The van der Waals surface area contributed by atoms with Crippen LogP contribution >= 0.6 is 11.3 Å². The van der Waals surface area contributed by atoms with E-state index in [1.54, 1.807) is 6.20 Å². The molecule has 0 aromatic carbocycles. The lowest BCUT2D eigenvalue weighted by atomic mass is 10.1. The number of anilines is 2. The van der Waals surface area contributed by atoms with Gasteiger partial charge in [0.1, 0.15) is 16.7 Å². The molecule has 2 aliphatic heterocycles. The molecule has 0 saturated carbocycles. The highest BCUT2D eigenvalue weighted by molar-refractivity contribution is 7.19. The molecule has 1 saturated heterocycles. The largest absolute Gasteiger partial charge is 0.381 e. The van der Waals surface area contributed by atoms with Gasteiger partial charge >= 0.3 is 0 Å². The molecule has 1 N–H and O–H groups in total. The number of carbonyl (C=O) groups excluding carboxylic acids is 1. The summed E-state index contributed by atoms with van der Waals surface area (Å²) in [5.41, 5.74) is 2.95. The van der Waals surface area contributed by atoms with E-state index < -0.39 is 0 Å². The molecule has 0 spiro atoms. The average molecular weight is 382 g/mol. The first-order valence-electron chi connectivity index (χ1n) is 9.00. The standard InChI is InChI=1S/C18H18N6O2S/c25-16(22-12-3-7-26-8-4-12)18-23-14-15(20-10-21-17(14)27-18)24-6-2-11-9-19-5-1-13(11)24/h1,5,9-10,12H,2-4,6-8H2,(H,22,25). The van der Waals surface area contributed by atoms with Crippen molar-refractivity contribution in [1.29, 1.82) is 0 Å². The lowest BCUT2D eigenvalue weighted by Crippen LogP contribution is -2.38. The summed E-state index contributed by atoms with van der Waals surface area (Å²) < 4.78 is 5.34. The summed E-state index contributed by atoms with van der Waals surface area (Å²) in [6.07, 6.45) is 7.79. The van der Waals surface area contributed by atoms with Crippen LogP contribution in [-0.2, 0) is 11.2 Å². The molecule has 5 heterocycles. The number of carbonyl (C=O) groups is 1. The van der Waals surface area contributed by atoms with Crippen LogP contribution in [-0.4, -0.2) is 51.6 Å². The first-order valence-corrected chi connectivity index (χ1v) is 9.82. The van der Waals surface area contributed by atoms with Crippen LogP contribution in [0.3, 0.4) is 0 Å². The molecule has 138 valence electrons. The number of pyridine rings is 1. The van der Waals surface area contributed by atoms with E-state index in [-0.39, 0.29) is 11.9 Å². The van der Waals surface area contributed by atoms with Crippen LogP contribution in [0, 0.1) is 0 Å². The van der Waals surface area contributed by atoms with Crippen molar-refractivity contribution in [3.8, 4) is 0 Å². The summed E-state index contributed by atoms with van der Waals surface area (Å²) >= 11 is 1.30. The summed E-state index contributed by atoms with van der Waals surface area (Å²) in [4.78, 5) is 33.1. The van der Waals surface area contributed by atoms with E-state index in [4.69, 9.17) is 4.74 Å². The van der Waals surface area contributed by atoms with E-state index in [1.807, 2.05) is 12.3 Å². The van der Waals surface area contributed by atoms with E-state index in [2.05, 4.69) is 30.2 Å². The molecule has 0 bridgehead atoms. The molecule has 0 atom stereocenters. The zero-order valence-corrected chi connectivity index (χ0v) is 15.4. The maximum absolute atomic E-state index is 12.6. The Morgan fingerprint density at radius 1 is 1.30 bits per heavy atom. The monoisotopic (exact) mass is 382 g/mol. The molecule has 0 radical (unpaired) electrons. The number of ether oxygens (including phenoxy) is 1. The minimum absolute atomic E-state index is 0.141. The predicted molar refractivity (Wildman–Crippen MR) is 101 cm³/mol. The molecule has 0 unspecified atom stereocenters. The average Bonchev–Trinajstić information content (AvgIpc) is 3.33. The van der Waals surface area contributed by atoms with Crippen molar-refractivity contribution < 1.29 is 9.53 Å². The van der Waals surface area contributed by atoms with Gasteiger partial charge in [-0.3, -0.25) is 9.78 Å². The Morgan fingerprint density at radius 2 is 2.19 bits per heavy atom. The normalized spacial score (nSPS) is 17.3. The summed E-state index contributed by atoms with van der Waals surface area (Å²) in [6, 6.07) is 2.13. The Balaban J connectivity index is 1.46. The predicted octanol–water partition coefficient (Wildman–Crippen LogP) is 2.08. The Morgan fingerprint density at radius 3 is 3.07 bits per heavy atom. The first-order chi connectivity index (χ1) is 13.3. The molecule has 1 fully saturated rings. The second-order valence-corrected chi connectivity index (χ2v) is 7.61. The highest BCUT2D eigenvalue weighted by atomic mass is 32.1. The number of hydrogen-bond donors (Lipinski definition) is 1. The van der Waals surface area contributed by atoms with E-state index in [0.717, 1.165) is 42.1 Å². The Labute approximate surface area is 159 Å². The van der Waals surface area contributed by atoms with Crippen molar-refractivity contribution in [2.75, 3.05) is 24.7 Å². The van der Waals surface area contributed by atoms with Crippen molar-refractivity contribution in [1.82, 2.24) is 25.3 Å². The Hall–Kier alpha value is -2.65. The lowest BCUT2D eigenvalue weighted by Gasteiger charge is -2.22. The second-order valence-electron chi connectivity index (χ2n) is 6.64. The van der Waals surface area contributed by atoms with Crippen LogP contribution in [0.15, 0.2) is 24.8 Å². The van der Waals surface area contributed by atoms with Gasteiger partial charge in [0, 0.05) is 43.9 Å². The van der Waals surface area contributed by atoms with Gasteiger partial charge in [0.2, 0.25) is 0 Å². The van der Waals surface area contributed by atoms with Crippen LogP contribution in [0.4, 0.5) is 11.5 Å². The maximum atomic E-state index is 12.6. The first kappa shape index (κ1) is 16.5. The number of amides is 1. The molecular weight excluding hydrogens is 364 g/mol. The molecule has 2 aliphatic rings. The summed E-state index contributed by atoms with van der Waals surface area (Å²) in [7, 11) is 0. The lowest BCUT2D eigenvalue weighted by molar-refractivity contribution is 0.0696. The van der Waals surface area contributed by atoms with E-state index >= 15 is 0 Å². The summed E-state index contributed by atoms with van der Waals surface area (Å²) in [6.45, 7) is 2.18. The van der Waals surface area contributed by atoms with E-state index in [1.165, 1.54) is 23.2 Å². The van der Waals surface area contributed by atoms with Crippen molar-refractivity contribution in [3.63, 3.8) is 0 Å². The number of fused-ring (bicyclic) bond motifs is 2. The molecular formula is C18H18N6O2S. The highest BCUT2D eigenvalue weighted by Crippen LogP contribution is 2.36. The zero-order chi connectivity index (χ0) is 18.2. The summed E-state index contributed by atoms with van der Waals surface area (Å²) in [5, 5.41) is 3.48. The third-order valence-corrected chi connectivity index (χ3v) is 5.92. The van der Waals surface area contributed by atoms with Crippen LogP contribution in [0.1, 0.15) is 28.2 Å². The van der Waals surface area contributed by atoms with Crippen molar-refractivity contribution in [2.24, 2.45) is 0 Å². The smallest absolute Gasteiger partial charge is 0.280 e. The van der Waals surface area contributed by atoms with Crippen LogP contribution < -0.4 is 10.2 Å². The number of thiazole rings is 1. The van der Waals surface area contributed by atoms with E-state index in [0.29, 0.717) is 23.7 Å². The second kappa shape index (κ2) is 6.82. The fourth-order valence-electron chi connectivity index (χ4n) is 3.57. The van der Waals surface area contributed by atoms with Gasteiger partial charge in [-0.1, -0.05) is 11.3 Å². The summed E-state index contributed by atoms with van der Waals surface area (Å²) in [5.74, 6) is 0.591. The molecule has 8 nitrogen and oxygen atoms in total. The van der Waals surface area contributed by atoms with Crippen molar-refractivity contribution in [3.05, 3.63) is 35.4 Å². The topological polar surface area (TPSA) is 93.1 Å². The fraction of sp³-hybridized carbons (Fsp3) is 0.389. The third-order valence-electron chi connectivity index (χ3n) is 4.96. The molecule has 9 heteroatoms. The number of nitrogens with zero attached hydrogens (tertiary/aromatic N) is 5. The fourth-order valence-corrected chi connectivity index (χ4v) is 4.38. The van der Waals surface area contributed by atoms with Gasteiger partial charge in [0.25, 0.3) is 5.91 Å². The van der Waals surface area contributed by atoms with Gasteiger partial charge in [-0.15, -0.1) is 0 Å². The molecule has 5 rings (SSSR count). The molecule has 3 aromatic rings. The van der Waals surface area contributed by atoms with Gasteiger partial charge in [-0.2, -0.15) is 0 Å². The minimum Gasteiger partial charge on any atom is -0.381 e. The van der Waals surface area contributed by atoms with Crippen LogP contribution in [0.25, 0.3) is 10.3 Å². The van der Waals surface area contributed by atoms with Gasteiger partial charge < -0.3 is 15.0 Å². The van der Waals surface area contributed by atoms with Gasteiger partial charge in [-0.05, 0) is 30.9 Å². The Kier molecular flexibility index (Phi) is 4.17. The van der Waals surface area contributed by atoms with Crippen molar-refractivity contribution in [2.45, 2.75) is 25.3 Å². The zero-order valence-electron chi connectivity index (χ0n) is 14.6. The van der Waals surface area contributed by atoms with Crippen LogP contribution in [0.5, 0.6) is 0 Å². The molecule has 3 aromatic heterocycles. The van der Waals surface area contributed by atoms with Crippen molar-refractivity contribution >= 4 is 39.1 Å². The van der Waals surface area contributed by atoms with Gasteiger partial charge in [0.05, 0.1) is 0 Å². The molecule has 27 heavy (non-hydrogen) atoms. The maximum Gasteiger partial charge on any atom is 0.280 e. The van der Waals surface area contributed by atoms with Gasteiger partial charge in [-0.25, -0.2) is 15.0 Å². The highest BCUT2D eigenvalue weighted by Gasteiger charge is 2.26. The minimum atomic E-state index is -0.151. The van der Waals surface area contributed by atoms with Crippen LogP contribution in [0.2, 0.25) is 0 Å². The molecule has 0 aliphatic carbocycles. The van der Waals surface area contributed by atoms with E-state index in [9.17, 15) is 4.79 Å².